The van der Waals surface area contributed by atoms with Crippen molar-refractivity contribution in [2.45, 2.75) is 6.92 Å². The largest absolute Gasteiger partial charge is 0.383 e. The molecule has 0 aliphatic heterocycles. The Morgan fingerprint density at radius 2 is 2.37 bits per heavy atom. The Bertz CT molecular complexity index is 638. The molecule has 19 heavy (non-hydrogen) atoms. The van der Waals surface area contributed by atoms with Crippen molar-refractivity contribution in [1.29, 1.82) is 0 Å². The molecular formula is C11H11N5O2S. The maximum absolute atomic E-state index is 10.7. The molecule has 0 fully saturated rings. The first-order chi connectivity index (χ1) is 9.06. The smallest absolute Gasteiger partial charge is 0.270 e. The van der Waals surface area contributed by atoms with Crippen molar-refractivity contribution in [3.05, 3.63) is 44.8 Å². The minimum Gasteiger partial charge on any atom is -0.383 e. The molecule has 0 amide bonds. The number of nitrogens with one attached hydrogen (secondary N) is 1. The lowest BCUT2D eigenvalue weighted by Crippen LogP contribution is -1.95. The summed E-state index contributed by atoms with van der Waals surface area (Å²) in [4.78, 5) is 14.2. The summed E-state index contributed by atoms with van der Waals surface area (Å²) in [5.74, 6) is 0.425. The first-order valence-corrected chi connectivity index (χ1v) is 6.19. The molecule has 1 aromatic carbocycles. The van der Waals surface area contributed by atoms with Gasteiger partial charge >= 0.3 is 0 Å². The van der Waals surface area contributed by atoms with Crippen LogP contribution in [0.25, 0.3) is 0 Å². The number of hydrogen-bond acceptors (Lipinski definition) is 7. The number of thiazole rings is 1. The van der Waals surface area contributed by atoms with E-state index in [0.717, 1.165) is 5.56 Å². The maximum atomic E-state index is 10.7. The summed E-state index contributed by atoms with van der Waals surface area (Å²) in [6.45, 7) is 1.85. The normalized spacial score (nSPS) is 10.8. The average molecular weight is 277 g/mol. The van der Waals surface area contributed by atoms with Crippen LogP contribution in [0, 0.1) is 17.0 Å². The van der Waals surface area contributed by atoms with Gasteiger partial charge in [0.2, 0.25) is 5.13 Å². The molecule has 7 nitrogen and oxygen atoms in total. The summed E-state index contributed by atoms with van der Waals surface area (Å²) < 4.78 is 0. The summed E-state index contributed by atoms with van der Waals surface area (Å²) in [6, 6.07) is 4.61. The summed E-state index contributed by atoms with van der Waals surface area (Å²) in [5.41, 5.74) is 9.79. The molecule has 0 saturated heterocycles. The Kier molecular flexibility index (Phi) is 3.71. The molecule has 0 spiro atoms. The number of nitrogen functional groups attached to an aromatic ring is 1. The zero-order valence-electron chi connectivity index (χ0n) is 10.0. The van der Waals surface area contributed by atoms with Gasteiger partial charge in [-0.3, -0.25) is 15.5 Å². The number of aryl methyl sites for hydroxylation is 1. The van der Waals surface area contributed by atoms with Crippen molar-refractivity contribution < 1.29 is 4.92 Å². The van der Waals surface area contributed by atoms with Crippen LogP contribution in [-0.2, 0) is 0 Å². The van der Waals surface area contributed by atoms with Crippen LogP contribution in [0.15, 0.2) is 28.7 Å². The fourth-order valence-electron chi connectivity index (χ4n) is 1.38. The van der Waals surface area contributed by atoms with E-state index >= 15 is 0 Å². The number of hydrogen-bond donors (Lipinski definition) is 2. The Balaban J connectivity index is 2.13. The fourth-order valence-corrected chi connectivity index (χ4v) is 1.92. The predicted molar refractivity (Wildman–Crippen MR) is 75.6 cm³/mol. The highest BCUT2D eigenvalue weighted by atomic mass is 32.1. The lowest BCUT2D eigenvalue weighted by molar-refractivity contribution is -0.384. The van der Waals surface area contributed by atoms with Gasteiger partial charge in [0.15, 0.2) is 0 Å². The number of hydrazone groups is 1. The van der Waals surface area contributed by atoms with Gasteiger partial charge in [-0.1, -0.05) is 6.07 Å². The first kappa shape index (κ1) is 13.0. The monoisotopic (exact) mass is 277 g/mol. The van der Waals surface area contributed by atoms with Crippen LogP contribution in [0.1, 0.15) is 11.1 Å². The van der Waals surface area contributed by atoms with Crippen LogP contribution in [0.3, 0.4) is 0 Å². The van der Waals surface area contributed by atoms with Gasteiger partial charge < -0.3 is 5.73 Å². The van der Waals surface area contributed by atoms with Crippen molar-refractivity contribution in [3.63, 3.8) is 0 Å². The summed E-state index contributed by atoms with van der Waals surface area (Å²) >= 11 is 1.33. The molecule has 0 aliphatic rings. The van der Waals surface area contributed by atoms with E-state index in [1.54, 1.807) is 11.4 Å². The molecule has 2 aromatic rings. The molecule has 0 radical (unpaired) electrons. The lowest BCUT2D eigenvalue weighted by atomic mass is 10.1. The third-order valence-electron chi connectivity index (χ3n) is 2.36. The van der Waals surface area contributed by atoms with Gasteiger partial charge in [0.05, 0.1) is 11.1 Å². The minimum absolute atomic E-state index is 0.0329. The second-order valence-electron chi connectivity index (χ2n) is 3.75. The Hall–Kier alpha value is -2.48. The minimum atomic E-state index is -0.439. The van der Waals surface area contributed by atoms with E-state index < -0.39 is 4.92 Å². The fraction of sp³-hybridized carbons (Fsp3) is 0.0909. The predicted octanol–water partition coefficient (Wildman–Crippen LogP) is 2.39. The van der Waals surface area contributed by atoms with Crippen molar-refractivity contribution >= 4 is 34.2 Å². The van der Waals surface area contributed by atoms with Gasteiger partial charge in [-0.2, -0.15) is 5.10 Å². The number of nitrogens with zero attached hydrogens (tertiary/aromatic N) is 3. The zero-order valence-corrected chi connectivity index (χ0v) is 10.8. The number of aromatic nitrogens is 1. The highest BCUT2D eigenvalue weighted by Crippen LogP contribution is 2.17. The van der Waals surface area contributed by atoms with E-state index in [9.17, 15) is 10.1 Å². The average Bonchev–Trinajstić information content (AvgIpc) is 2.77. The first-order valence-electron chi connectivity index (χ1n) is 5.31. The number of benzene rings is 1. The van der Waals surface area contributed by atoms with Crippen molar-refractivity contribution in [2.75, 3.05) is 11.2 Å². The second kappa shape index (κ2) is 5.44. The summed E-state index contributed by atoms with van der Waals surface area (Å²) in [6.07, 6.45) is 1.51. The van der Waals surface area contributed by atoms with Gasteiger partial charge in [-0.25, -0.2) is 4.98 Å². The standard InChI is InChI=1S/C11H11N5O2S/c1-7-2-3-9(16(17)18)4-8(7)5-13-15-11-14-10(12)6-19-11/h2-6H,12H2,1H3,(H,14,15). The van der Waals surface area contributed by atoms with E-state index in [-0.39, 0.29) is 5.69 Å². The molecule has 8 heteroatoms. The number of nitro groups is 1. The van der Waals surface area contributed by atoms with Crippen LogP contribution < -0.4 is 11.2 Å². The Morgan fingerprint density at radius 3 is 3.00 bits per heavy atom. The molecular weight excluding hydrogens is 266 g/mol. The quantitative estimate of drug-likeness (QED) is 0.507. The van der Waals surface area contributed by atoms with E-state index in [4.69, 9.17) is 5.73 Å². The Morgan fingerprint density at radius 1 is 1.58 bits per heavy atom. The lowest BCUT2D eigenvalue weighted by Gasteiger charge is -1.99. The van der Waals surface area contributed by atoms with Crippen LogP contribution in [0.5, 0.6) is 0 Å². The van der Waals surface area contributed by atoms with E-state index in [1.807, 2.05) is 6.92 Å². The number of nitrogens with two attached hydrogens (primary N) is 1. The van der Waals surface area contributed by atoms with Gasteiger partial charge in [0, 0.05) is 23.1 Å². The van der Waals surface area contributed by atoms with Crippen molar-refractivity contribution in [3.8, 4) is 0 Å². The molecule has 0 saturated carbocycles. The number of rotatable bonds is 4. The van der Waals surface area contributed by atoms with Crippen molar-refractivity contribution in [2.24, 2.45) is 5.10 Å². The van der Waals surface area contributed by atoms with Gasteiger partial charge in [-0.15, -0.1) is 11.3 Å². The van der Waals surface area contributed by atoms with Gasteiger partial charge in [0.1, 0.15) is 5.82 Å². The van der Waals surface area contributed by atoms with E-state index in [1.165, 1.54) is 29.7 Å². The maximum Gasteiger partial charge on any atom is 0.270 e. The van der Waals surface area contributed by atoms with E-state index in [2.05, 4.69) is 15.5 Å². The molecule has 0 unspecified atom stereocenters. The van der Waals surface area contributed by atoms with E-state index in [0.29, 0.717) is 16.5 Å². The van der Waals surface area contributed by atoms with Crippen LogP contribution in [0.4, 0.5) is 16.6 Å². The topological polar surface area (TPSA) is 106 Å². The Labute approximate surface area is 112 Å². The molecule has 98 valence electrons. The number of non-ortho nitro benzene ring substituents is 1. The second-order valence-corrected chi connectivity index (χ2v) is 4.60. The van der Waals surface area contributed by atoms with Crippen LogP contribution in [-0.4, -0.2) is 16.1 Å². The molecule has 0 atom stereocenters. The highest BCUT2D eigenvalue weighted by molar-refractivity contribution is 7.14. The third kappa shape index (κ3) is 3.26. The number of anilines is 2. The SMILES string of the molecule is Cc1ccc([N+](=O)[O-])cc1C=NNc1nc(N)cs1. The van der Waals surface area contributed by atoms with Crippen molar-refractivity contribution in [1.82, 2.24) is 4.98 Å². The van der Waals surface area contributed by atoms with Crippen LogP contribution >= 0.6 is 11.3 Å². The molecule has 2 rings (SSSR count). The zero-order chi connectivity index (χ0) is 13.8. The summed E-state index contributed by atoms with van der Waals surface area (Å²) in [5, 5.41) is 16.9. The molecule has 1 heterocycles. The molecule has 0 aliphatic carbocycles. The molecule has 1 aromatic heterocycles. The van der Waals surface area contributed by atoms with Gasteiger partial charge in [-0.05, 0) is 12.5 Å². The third-order valence-corrected chi connectivity index (χ3v) is 3.12. The summed E-state index contributed by atoms with van der Waals surface area (Å²) in [7, 11) is 0. The number of nitro benzene ring substituents is 1. The van der Waals surface area contributed by atoms with Crippen LogP contribution in [0.2, 0.25) is 0 Å². The molecule has 0 bridgehead atoms. The van der Waals surface area contributed by atoms with Gasteiger partial charge in [0.25, 0.3) is 5.69 Å². The highest BCUT2D eigenvalue weighted by Gasteiger charge is 2.07. The molecule has 3 N–H and O–H groups in total.